The van der Waals surface area contributed by atoms with Crippen LogP contribution in [0.15, 0.2) is 12.4 Å². The first-order chi connectivity index (χ1) is 10.7. The molecule has 2 aliphatic heterocycles. The van der Waals surface area contributed by atoms with E-state index in [1.54, 1.807) is 6.20 Å². The smallest absolute Gasteiger partial charge is 0.358 e. The molecular formula is C15H22N4O3. The Bertz CT molecular complexity index is 511. The first kappa shape index (κ1) is 15.2. The molecule has 0 bridgehead atoms. The topological polar surface area (TPSA) is 78.8 Å². The Balaban J connectivity index is 1.56. The quantitative estimate of drug-likeness (QED) is 0.878. The molecule has 0 radical (unpaired) electrons. The van der Waals surface area contributed by atoms with Crippen LogP contribution in [0.25, 0.3) is 0 Å². The van der Waals surface area contributed by atoms with Crippen LogP contribution in [-0.4, -0.2) is 71.9 Å². The van der Waals surface area contributed by atoms with Crippen LogP contribution in [0.5, 0.6) is 0 Å². The van der Waals surface area contributed by atoms with Gasteiger partial charge in [0.05, 0.1) is 13.2 Å². The fourth-order valence-corrected chi connectivity index (χ4v) is 3.19. The zero-order valence-electron chi connectivity index (χ0n) is 12.6. The van der Waals surface area contributed by atoms with Crippen molar-refractivity contribution in [1.29, 1.82) is 0 Å². The largest absolute Gasteiger partial charge is 0.476 e. The van der Waals surface area contributed by atoms with Crippen LogP contribution in [0.2, 0.25) is 0 Å². The second-order valence-corrected chi connectivity index (χ2v) is 5.88. The number of hydrogen-bond donors (Lipinski definition) is 1. The number of nitrogens with zero attached hydrogens (tertiary/aromatic N) is 4. The Morgan fingerprint density at radius 3 is 2.55 bits per heavy atom. The van der Waals surface area contributed by atoms with Gasteiger partial charge in [0.15, 0.2) is 11.5 Å². The lowest BCUT2D eigenvalue weighted by Crippen LogP contribution is -2.43. The normalized spacial score (nSPS) is 21.0. The van der Waals surface area contributed by atoms with Crippen molar-refractivity contribution >= 4 is 11.8 Å². The molecule has 7 heteroatoms. The zero-order valence-corrected chi connectivity index (χ0v) is 12.6. The average Bonchev–Trinajstić information content (AvgIpc) is 2.56. The summed E-state index contributed by atoms with van der Waals surface area (Å²) < 4.78 is 5.38. The second-order valence-electron chi connectivity index (χ2n) is 5.88. The van der Waals surface area contributed by atoms with Gasteiger partial charge < -0.3 is 14.7 Å². The summed E-state index contributed by atoms with van der Waals surface area (Å²) in [6, 6.07) is 0. The predicted octanol–water partition coefficient (Wildman–Crippen LogP) is 0.723. The first-order valence-electron chi connectivity index (χ1n) is 7.83. The summed E-state index contributed by atoms with van der Waals surface area (Å²) in [5.74, 6) is 0.151. The molecule has 1 aromatic rings. The summed E-state index contributed by atoms with van der Waals surface area (Å²) in [4.78, 5) is 23.9. The predicted molar refractivity (Wildman–Crippen MR) is 81.2 cm³/mol. The van der Waals surface area contributed by atoms with Gasteiger partial charge in [-0.05, 0) is 18.8 Å². The minimum atomic E-state index is -1.02. The number of carbonyl (C=O) groups is 1. The van der Waals surface area contributed by atoms with E-state index in [2.05, 4.69) is 14.9 Å². The van der Waals surface area contributed by atoms with Crippen molar-refractivity contribution in [3.63, 3.8) is 0 Å². The van der Waals surface area contributed by atoms with Crippen LogP contribution >= 0.6 is 0 Å². The third-order valence-corrected chi connectivity index (χ3v) is 4.42. The summed E-state index contributed by atoms with van der Waals surface area (Å²) in [5, 5.41) is 9.22. The van der Waals surface area contributed by atoms with Crippen LogP contribution in [-0.2, 0) is 4.74 Å². The molecule has 1 N–H and O–H groups in total. The molecule has 1 aromatic heterocycles. The Morgan fingerprint density at radius 1 is 1.18 bits per heavy atom. The van der Waals surface area contributed by atoms with Crippen molar-refractivity contribution in [2.24, 2.45) is 5.92 Å². The fourth-order valence-electron chi connectivity index (χ4n) is 3.19. The van der Waals surface area contributed by atoms with E-state index in [1.165, 1.54) is 6.20 Å². The van der Waals surface area contributed by atoms with Crippen molar-refractivity contribution < 1.29 is 14.6 Å². The first-order valence-corrected chi connectivity index (χ1v) is 7.83. The van der Waals surface area contributed by atoms with Gasteiger partial charge in [0.2, 0.25) is 0 Å². The number of aromatic carboxylic acids is 1. The van der Waals surface area contributed by atoms with E-state index in [0.29, 0.717) is 11.7 Å². The third kappa shape index (κ3) is 3.53. The Labute approximate surface area is 129 Å². The number of morpholine rings is 1. The van der Waals surface area contributed by atoms with Crippen molar-refractivity contribution in [3.05, 3.63) is 18.1 Å². The standard InChI is InChI=1S/C15H22N4O3/c20-15(21)13-14(17-4-3-16-13)19-5-1-12(2-6-19)11-18-7-9-22-10-8-18/h3-4,12H,1-2,5-11H2,(H,20,21). The van der Waals surface area contributed by atoms with E-state index in [1.807, 2.05) is 4.90 Å². The maximum Gasteiger partial charge on any atom is 0.358 e. The molecule has 7 nitrogen and oxygen atoms in total. The van der Waals surface area contributed by atoms with Gasteiger partial charge in [0.25, 0.3) is 0 Å². The van der Waals surface area contributed by atoms with Crippen LogP contribution < -0.4 is 4.90 Å². The number of ether oxygens (including phenoxy) is 1. The van der Waals surface area contributed by atoms with E-state index in [-0.39, 0.29) is 5.69 Å². The highest BCUT2D eigenvalue weighted by Crippen LogP contribution is 2.24. The summed E-state index contributed by atoms with van der Waals surface area (Å²) >= 11 is 0. The minimum absolute atomic E-state index is 0.0501. The van der Waals surface area contributed by atoms with E-state index in [0.717, 1.165) is 58.8 Å². The number of anilines is 1. The molecule has 22 heavy (non-hydrogen) atoms. The molecule has 0 amide bonds. The molecule has 3 rings (SSSR count). The second kappa shape index (κ2) is 7.02. The third-order valence-electron chi connectivity index (χ3n) is 4.42. The Morgan fingerprint density at radius 2 is 1.86 bits per heavy atom. The minimum Gasteiger partial charge on any atom is -0.476 e. The molecule has 0 spiro atoms. The van der Waals surface area contributed by atoms with Gasteiger partial charge in [-0.2, -0.15) is 0 Å². The lowest BCUT2D eigenvalue weighted by Gasteiger charge is -2.36. The molecule has 2 fully saturated rings. The Hall–Kier alpha value is -1.73. The van der Waals surface area contributed by atoms with Gasteiger partial charge in [-0.25, -0.2) is 14.8 Å². The summed E-state index contributed by atoms with van der Waals surface area (Å²) in [7, 11) is 0. The van der Waals surface area contributed by atoms with Gasteiger partial charge in [-0.3, -0.25) is 4.90 Å². The molecule has 0 aromatic carbocycles. The van der Waals surface area contributed by atoms with E-state index < -0.39 is 5.97 Å². The summed E-state index contributed by atoms with van der Waals surface area (Å²) in [6.07, 6.45) is 5.11. The highest BCUT2D eigenvalue weighted by Gasteiger charge is 2.26. The van der Waals surface area contributed by atoms with Crippen molar-refractivity contribution in [1.82, 2.24) is 14.9 Å². The van der Waals surface area contributed by atoms with Crippen LogP contribution in [0.4, 0.5) is 5.82 Å². The lowest BCUT2D eigenvalue weighted by molar-refractivity contribution is 0.0289. The van der Waals surface area contributed by atoms with Gasteiger partial charge in [-0.15, -0.1) is 0 Å². The van der Waals surface area contributed by atoms with Crippen LogP contribution in [0.3, 0.4) is 0 Å². The SMILES string of the molecule is O=C(O)c1nccnc1N1CCC(CN2CCOCC2)CC1. The molecule has 2 aliphatic rings. The fraction of sp³-hybridized carbons (Fsp3) is 0.667. The Kier molecular flexibility index (Phi) is 4.84. The van der Waals surface area contributed by atoms with Gasteiger partial charge >= 0.3 is 5.97 Å². The van der Waals surface area contributed by atoms with Crippen molar-refractivity contribution in [2.45, 2.75) is 12.8 Å². The van der Waals surface area contributed by atoms with Gasteiger partial charge in [-0.1, -0.05) is 0 Å². The summed E-state index contributed by atoms with van der Waals surface area (Å²) in [5.41, 5.74) is 0.0501. The van der Waals surface area contributed by atoms with E-state index in [9.17, 15) is 9.90 Å². The van der Waals surface area contributed by atoms with E-state index >= 15 is 0 Å². The van der Waals surface area contributed by atoms with Gasteiger partial charge in [0, 0.05) is 45.1 Å². The molecule has 120 valence electrons. The molecule has 0 saturated carbocycles. The number of aromatic nitrogens is 2. The maximum absolute atomic E-state index is 11.2. The molecule has 3 heterocycles. The highest BCUT2D eigenvalue weighted by molar-refractivity contribution is 5.90. The van der Waals surface area contributed by atoms with Crippen LogP contribution in [0.1, 0.15) is 23.3 Å². The van der Waals surface area contributed by atoms with E-state index in [4.69, 9.17) is 4.74 Å². The molecule has 0 atom stereocenters. The maximum atomic E-state index is 11.2. The molecular weight excluding hydrogens is 284 g/mol. The molecule has 0 unspecified atom stereocenters. The number of piperidine rings is 1. The zero-order chi connectivity index (χ0) is 15.4. The van der Waals surface area contributed by atoms with Crippen molar-refractivity contribution in [3.8, 4) is 0 Å². The number of hydrogen-bond acceptors (Lipinski definition) is 6. The highest BCUT2D eigenvalue weighted by atomic mass is 16.5. The number of carboxylic acid groups (broad SMARTS) is 1. The molecule has 2 saturated heterocycles. The number of rotatable bonds is 4. The monoisotopic (exact) mass is 306 g/mol. The lowest BCUT2D eigenvalue weighted by atomic mass is 9.96. The van der Waals surface area contributed by atoms with Crippen molar-refractivity contribution in [2.75, 3.05) is 50.8 Å². The van der Waals surface area contributed by atoms with Gasteiger partial charge in [0.1, 0.15) is 0 Å². The number of carboxylic acids is 1. The van der Waals surface area contributed by atoms with Crippen LogP contribution in [0, 0.1) is 5.92 Å². The average molecular weight is 306 g/mol. The summed E-state index contributed by atoms with van der Waals surface area (Å²) in [6.45, 7) is 6.51. The molecule has 0 aliphatic carbocycles.